The lowest BCUT2D eigenvalue weighted by Crippen LogP contribution is -2.41. The zero-order valence-electron chi connectivity index (χ0n) is 14.4. The molecule has 0 atom stereocenters. The van der Waals surface area contributed by atoms with E-state index >= 15 is 0 Å². The van der Waals surface area contributed by atoms with Gasteiger partial charge in [-0.15, -0.1) is 0 Å². The van der Waals surface area contributed by atoms with E-state index in [0.717, 1.165) is 5.47 Å². The first kappa shape index (κ1) is 18.1. The molecule has 1 aromatic carbocycles. The molecular weight excluding hydrogens is 296 g/mol. The van der Waals surface area contributed by atoms with E-state index in [0.29, 0.717) is 17.7 Å². The summed E-state index contributed by atoms with van der Waals surface area (Å²) in [7, 11) is 1.34. The van der Waals surface area contributed by atoms with Gasteiger partial charge in [-0.05, 0) is 69.5 Å². The highest BCUT2D eigenvalue weighted by Gasteiger charge is 2.52. The number of hydrogen-bond donors (Lipinski definition) is 2. The van der Waals surface area contributed by atoms with E-state index < -0.39 is 18.3 Å². The fraction of sp³-hybridized carbons (Fsp3) is 0.529. The zero-order valence-corrected chi connectivity index (χ0v) is 14.4. The summed E-state index contributed by atoms with van der Waals surface area (Å²) < 4.78 is 25.8. The van der Waals surface area contributed by atoms with Gasteiger partial charge in [0.25, 0.3) is 0 Å². The van der Waals surface area contributed by atoms with E-state index in [4.69, 9.17) is 9.31 Å². The van der Waals surface area contributed by atoms with Crippen LogP contribution in [0.5, 0.6) is 0 Å². The van der Waals surface area contributed by atoms with Crippen molar-refractivity contribution in [3.8, 4) is 0 Å². The average molecular weight is 321 g/mol. The molecule has 0 bridgehead atoms. The Morgan fingerprint density at radius 2 is 1.83 bits per heavy atom. The second kappa shape index (κ2) is 6.73. The number of benzene rings is 1. The van der Waals surface area contributed by atoms with Gasteiger partial charge in [0.05, 0.1) is 17.8 Å². The molecule has 1 fully saturated rings. The van der Waals surface area contributed by atoms with E-state index in [1.54, 1.807) is 6.07 Å². The van der Waals surface area contributed by atoms with Crippen LogP contribution in [0, 0.1) is 5.82 Å². The standard InChI is InChI=1S/C17H25BFNO3/c1-16(2)17(3,4)23-18(22-16)14(10-20-5)7-12-6-13(11-21)9-15(19)8-12/h6-9,20-21H,10-11H2,1-5H3. The molecule has 23 heavy (non-hydrogen) atoms. The Morgan fingerprint density at radius 1 is 1.22 bits per heavy atom. The van der Waals surface area contributed by atoms with Crippen LogP contribution in [0.25, 0.3) is 6.08 Å². The molecule has 0 aliphatic carbocycles. The molecule has 4 nitrogen and oxygen atoms in total. The Morgan fingerprint density at radius 3 is 2.35 bits per heavy atom. The molecule has 0 spiro atoms. The van der Waals surface area contributed by atoms with Crippen molar-refractivity contribution in [1.82, 2.24) is 5.32 Å². The number of aliphatic hydroxyl groups is 1. The summed E-state index contributed by atoms with van der Waals surface area (Å²) in [5.74, 6) is -0.375. The number of rotatable bonds is 5. The molecule has 1 saturated heterocycles. The monoisotopic (exact) mass is 321 g/mol. The second-order valence-electron chi connectivity index (χ2n) is 6.89. The molecule has 0 radical (unpaired) electrons. The van der Waals surface area contributed by atoms with Gasteiger partial charge in [0.1, 0.15) is 5.82 Å². The Kier molecular flexibility index (Phi) is 5.31. The van der Waals surface area contributed by atoms with Gasteiger partial charge in [-0.1, -0.05) is 6.08 Å². The number of hydrogen-bond acceptors (Lipinski definition) is 4. The minimum absolute atomic E-state index is 0.198. The molecule has 0 aromatic heterocycles. The SMILES string of the molecule is CNCC(=Cc1cc(F)cc(CO)c1)B1OC(C)(C)C(C)(C)O1. The summed E-state index contributed by atoms with van der Waals surface area (Å²) in [6.45, 7) is 8.34. The first-order valence-electron chi connectivity index (χ1n) is 7.79. The smallest absolute Gasteiger partial charge is 0.400 e. The lowest BCUT2D eigenvalue weighted by molar-refractivity contribution is 0.00578. The van der Waals surface area contributed by atoms with Gasteiger partial charge >= 0.3 is 7.12 Å². The van der Waals surface area contributed by atoms with Crippen molar-refractivity contribution < 1.29 is 18.8 Å². The average Bonchev–Trinajstić information content (AvgIpc) is 2.66. The predicted molar refractivity (Wildman–Crippen MR) is 90.3 cm³/mol. The van der Waals surface area contributed by atoms with Crippen molar-refractivity contribution in [2.45, 2.75) is 45.5 Å². The van der Waals surface area contributed by atoms with Gasteiger partial charge in [0.15, 0.2) is 0 Å². The number of aliphatic hydroxyl groups excluding tert-OH is 1. The number of nitrogens with one attached hydrogen (secondary N) is 1. The summed E-state index contributed by atoms with van der Waals surface area (Å²) in [6, 6.07) is 4.51. The highest BCUT2D eigenvalue weighted by molar-refractivity contribution is 6.55. The molecule has 126 valence electrons. The summed E-state index contributed by atoms with van der Waals surface area (Å²) >= 11 is 0. The summed E-state index contributed by atoms with van der Waals surface area (Å²) in [6.07, 6.45) is 1.85. The lowest BCUT2D eigenvalue weighted by Gasteiger charge is -2.32. The van der Waals surface area contributed by atoms with Crippen molar-refractivity contribution in [1.29, 1.82) is 0 Å². The van der Waals surface area contributed by atoms with Crippen LogP contribution in [0.1, 0.15) is 38.8 Å². The minimum atomic E-state index is -0.492. The Hall–Kier alpha value is -1.21. The molecule has 0 unspecified atom stereocenters. The third kappa shape index (κ3) is 4.01. The molecule has 1 aliphatic rings. The quantitative estimate of drug-likeness (QED) is 0.819. The van der Waals surface area contributed by atoms with Crippen LogP contribution >= 0.6 is 0 Å². The van der Waals surface area contributed by atoms with Crippen LogP contribution < -0.4 is 5.32 Å². The maximum Gasteiger partial charge on any atom is 0.491 e. The topological polar surface area (TPSA) is 50.7 Å². The van der Waals surface area contributed by atoms with Crippen molar-refractivity contribution >= 4 is 13.2 Å². The highest BCUT2D eigenvalue weighted by Crippen LogP contribution is 2.38. The molecule has 1 aliphatic heterocycles. The van der Waals surface area contributed by atoms with Crippen LogP contribution in [-0.2, 0) is 15.9 Å². The van der Waals surface area contributed by atoms with Crippen LogP contribution in [-0.4, -0.2) is 37.0 Å². The molecule has 1 aromatic rings. The highest BCUT2D eigenvalue weighted by atomic mass is 19.1. The van der Waals surface area contributed by atoms with Gasteiger partial charge in [-0.2, -0.15) is 0 Å². The van der Waals surface area contributed by atoms with Crippen molar-refractivity contribution in [3.63, 3.8) is 0 Å². The maximum absolute atomic E-state index is 13.7. The Bertz CT molecular complexity index is 586. The summed E-state index contributed by atoms with van der Waals surface area (Å²) in [5, 5.41) is 12.3. The first-order chi connectivity index (χ1) is 10.7. The van der Waals surface area contributed by atoms with Crippen LogP contribution in [0.15, 0.2) is 23.7 Å². The van der Waals surface area contributed by atoms with E-state index in [-0.39, 0.29) is 12.4 Å². The van der Waals surface area contributed by atoms with E-state index in [1.165, 1.54) is 12.1 Å². The first-order valence-corrected chi connectivity index (χ1v) is 7.79. The fourth-order valence-electron chi connectivity index (χ4n) is 2.47. The van der Waals surface area contributed by atoms with Crippen molar-refractivity contribution in [2.24, 2.45) is 0 Å². The molecule has 6 heteroatoms. The van der Waals surface area contributed by atoms with Crippen molar-refractivity contribution in [3.05, 3.63) is 40.6 Å². The molecule has 2 N–H and O–H groups in total. The summed E-state index contributed by atoms with van der Waals surface area (Å²) in [4.78, 5) is 0. The van der Waals surface area contributed by atoms with Gasteiger partial charge < -0.3 is 19.7 Å². The maximum atomic E-state index is 13.7. The van der Waals surface area contributed by atoms with Gasteiger partial charge in [-0.25, -0.2) is 4.39 Å². The number of likely N-dealkylation sites (N-methyl/N-ethyl adjacent to an activating group) is 1. The second-order valence-corrected chi connectivity index (χ2v) is 6.89. The van der Waals surface area contributed by atoms with E-state index in [1.807, 2.05) is 40.8 Å². The molecule has 0 saturated carbocycles. The molecule has 1 heterocycles. The largest absolute Gasteiger partial charge is 0.491 e. The third-order valence-corrected chi connectivity index (χ3v) is 4.45. The van der Waals surface area contributed by atoms with Crippen molar-refractivity contribution in [2.75, 3.05) is 13.6 Å². The Labute approximate surface area is 137 Å². The molecule has 2 rings (SSSR count). The van der Waals surface area contributed by atoms with Crippen LogP contribution in [0.2, 0.25) is 0 Å². The minimum Gasteiger partial charge on any atom is -0.400 e. The molecular formula is C17H25BFNO3. The van der Waals surface area contributed by atoms with Gasteiger partial charge in [-0.3, -0.25) is 0 Å². The van der Waals surface area contributed by atoms with Crippen LogP contribution in [0.3, 0.4) is 0 Å². The van der Waals surface area contributed by atoms with Gasteiger partial charge in [0.2, 0.25) is 0 Å². The number of halogens is 1. The van der Waals surface area contributed by atoms with E-state index in [2.05, 4.69) is 5.32 Å². The van der Waals surface area contributed by atoms with Crippen LogP contribution in [0.4, 0.5) is 4.39 Å². The van der Waals surface area contributed by atoms with E-state index in [9.17, 15) is 9.50 Å². The normalized spacial score (nSPS) is 20.1. The summed E-state index contributed by atoms with van der Waals surface area (Å²) in [5.41, 5.74) is 1.23. The van der Waals surface area contributed by atoms with Gasteiger partial charge in [0, 0.05) is 6.54 Å². The predicted octanol–water partition coefficient (Wildman–Crippen LogP) is 2.55. The fourth-order valence-corrected chi connectivity index (χ4v) is 2.47. The molecule has 0 amide bonds. The third-order valence-electron chi connectivity index (χ3n) is 4.45. The zero-order chi connectivity index (χ0) is 17.3. The Balaban J connectivity index is 2.34. The lowest BCUT2D eigenvalue weighted by atomic mass is 9.77.